The van der Waals surface area contributed by atoms with E-state index in [0.717, 1.165) is 27.3 Å². The van der Waals surface area contributed by atoms with Crippen molar-refractivity contribution in [1.82, 2.24) is 5.32 Å². The van der Waals surface area contributed by atoms with Gasteiger partial charge in [0.15, 0.2) is 0 Å². The molecule has 0 aliphatic rings. The summed E-state index contributed by atoms with van der Waals surface area (Å²) in [6.45, 7) is 3.54. The number of rotatable bonds is 8. The average molecular weight is 487 g/mol. The molecule has 0 aliphatic carbocycles. The van der Waals surface area contributed by atoms with Crippen LogP contribution in [0.4, 0.5) is 5.69 Å². The number of sulfonamides is 1. The summed E-state index contributed by atoms with van der Waals surface area (Å²) in [5.74, 6) is -0.0312. The van der Waals surface area contributed by atoms with Gasteiger partial charge in [-0.15, -0.1) is 0 Å². The molecule has 0 saturated carbocycles. The van der Waals surface area contributed by atoms with Crippen LogP contribution in [0.25, 0.3) is 0 Å². The number of nitrogens with one attached hydrogen (secondary N) is 1. The van der Waals surface area contributed by atoms with Gasteiger partial charge in [-0.2, -0.15) is 0 Å². The van der Waals surface area contributed by atoms with E-state index < -0.39 is 28.0 Å². The Labute approximate surface area is 200 Å². The standard InChI is InChI=1S/C25H27ClN2O4S/c1-17-10-12-20(13-11-17)24(19-8-6-5-7-9-19)27-25(29)18(2)28(33(4,30)31)21-14-15-23(32-3)22(26)16-21/h5-16,18,24H,1-4H3,(H,27,29). The van der Waals surface area contributed by atoms with Crippen LogP contribution in [0.15, 0.2) is 72.8 Å². The summed E-state index contributed by atoms with van der Waals surface area (Å²) in [5, 5.41) is 3.27. The molecule has 1 amide bonds. The zero-order chi connectivity index (χ0) is 24.2. The molecular weight excluding hydrogens is 460 g/mol. The number of hydrogen-bond acceptors (Lipinski definition) is 4. The van der Waals surface area contributed by atoms with E-state index in [-0.39, 0.29) is 10.7 Å². The highest BCUT2D eigenvalue weighted by molar-refractivity contribution is 7.92. The third kappa shape index (κ3) is 5.86. The third-order valence-corrected chi connectivity index (χ3v) is 6.85. The molecule has 6 nitrogen and oxygen atoms in total. The van der Waals surface area contributed by atoms with Gasteiger partial charge in [-0.1, -0.05) is 71.8 Å². The SMILES string of the molecule is COc1ccc(N(C(C)C(=O)NC(c2ccccc2)c2ccc(C)cc2)S(C)(=O)=O)cc1Cl. The molecule has 0 bridgehead atoms. The molecule has 3 aromatic rings. The second kappa shape index (κ2) is 10.3. The molecule has 0 saturated heterocycles. The summed E-state index contributed by atoms with van der Waals surface area (Å²) in [5.41, 5.74) is 3.16. The zero-order valence-electron chi connectivity index (χ0n) is 18.9. The lowest BCUT2D eigenvalue weighted by Crippen LogP contribution is -2.48. The number of nitrogens with zero attached hydrogens (tertiary/aromatic N) is 1. The van der Waals surface area contributed by atoms with Gasteiger partial charge in [0.1, 0.15) is 11.8 Å². The fraction of sp³-hybridized carbons (Fsp3) is 0.240. The van der Waals surface area contributed by atoms with E-state index in [4.69, 9.17) is 16.3 Å². The summed E-state index contributed by atoms with van der Waals surface area (Å²) < 4.78 is 31.6. The van der Waals surface area contributed by atoms with Crippen molar-refractivity contribution < 1.29 is 17.9 Å². The smallest absolute Gasteiger partial charge is 0.244 e. The maximum Gasteiger partial charge on any atom is 0.244 e. The average Bonchev–Trinajstić information content (AvgIpc) is 2.78. The normalized spacial score (nSPS) is 13.1. The first-order valence-electron chi connectivity index (χ1n) is 10.4. The van der Waals surface area contributed by atoms with Gasteiger partial charge in [0.25, 0.3) is 0 Å². The molecule has 0 fully saturated rings. The van der Waals surface area contributed by atoms with Gasteiger partial charge in [0.2, 0.25) is 15.9 Å². The zero-order valence-corrected chi connectivity index (χ0v) is 20.5. The summed E-state index contributed by atoms with van der Waals surface area (Å²) in [6, 6.07) is 20.5. The predicted octanol–water partition coefficient (Wildman–Crippen LogP) is 4.72. The van der Waals surface area contributed by atoms with Gasteiger partial charge >= 0.3 is 0 Å². The second-order valence-electron chi connectivity index (χ2n) is 7.82. The van der Waals surface area contributed by atoms with Crippen LogP contribution >= 0.6 is 11.6 Å². The van der Waals surface area contributed by atoms with E-state index in [1.54, 1.807) is 19.1 Å². The number of ether oxygens (including phenoxy) is 1. The van der Waals surface area contributed by atoms with Crippen molar-refractivity contribution in [2.75, 3.05) is 17.7 Å². The lowest BCUT2D eigenvalue weighted by molar-refractivity contribution is -0.122. The summed E-state index contributed by atoms with van der Waals surface area (Å²) in [6.07, 6.45) is 1.06. The Morgan fingerprint density at radius 1 is 1.00 bits per heavy atom. The van der Waals surface area contributed by atoms with Gasteiger partial charge in [-0.3, -0.25) is 9.10 Å². The summed E-state index contributed by atoms with van der Waals surface area (Å²) in [7, 11) is -2.32. The third-order valence-electron chi connectivity index (χ3n) is 5.31. The second-order valence-corrected chi connectivity index (χ2v) is 10.1. The maximum atomic E-state index is 13.4. The lowest BCUT2D eigenvalue weighted by Gasteiger charge is -2.30. The van der Waals surface area contributed by atoms with Crippen LogP contribution < -0.4 is 14.4 Å². The van der Waals surface area contributed by atoms with Gasteiger partial charge in [-0.05, 0) is 43.2 Å². The van der Waals surface area contributed by atoms with Crippen LogP contribution in [0.3, 0.4) is 0 Å². The number of hydrogen-bond donors (Lipinski definition) is 1. The molecular formula is C25H27ClN2O4S. The Bertz CT molecular complexity index is 1210. The van der Waals surface area contributed by atoms with Crippen molar-refractivity contribution in [1.29, 1.82) is 0 Å². The number of benzene rings is 3. The number of carbonyl (C=O) groups is 1. The van der Waals surface area contributed by atoms with E-state index in [2.05, 4.69) is 5.32 Å². The van der Waals surface area contributed by atoms with Crippen LogP contribution in [0, 0.1) is 6.92 Å². The molecule has 8 heteroatoms. The maximum absolute atomic E-state index is 13.4. The Balaban J connectivity index is 1.96. The molecule has 174 valence electrons. The molecule has 0 aliphatic heterocycles. The first-order chi connectivity index (χ1) is 15.6. The minimum atomic E-state index is -3.80. The van der Waals surface area contributed by atoms with Crippen molar-refractivity contribution in [3.63, 3.8) is 0 Å². The van der Waals surface area contributed by atoms with E-state index in [1.165, 1.54) is 13.2 Å². The molecule has 3 rings (SSSR count). The number of methoxy groups -OCH3 is 1. The summed E-state index contributed by atoms with van der Waals surface area (Å²) >= 11 is 6.22. The molecule has 2 atom stereocenters. The van der Waals surface area contributed by atoms with Crippen LogP contribution in [0.1, 0.15) is 29.7 Å². The highest BCUT2D eigenvalue weighted by atomic mass is 35.5. The number of halogens is 1. The van der Waals surface area contributed by atoms with Gasteiger partial charge in [0.05, 0.1) is 30.1 Å². The van der Waals surface area contributed by atoms with Crippen molar-refractivity contribution in [2.45, 2.75) is 25.9 Å². The first kappa shape index (κ1) is 24.6. The van der Waals surface area contributed by atoms with Crippen LogP contribution in [-0.2, 0) is 14.8 Å². The molecule has 2 unspecified atom stereocenters. The first-order valence-corrected chi connectivity index (χ1v) is 12.6. The van der Waals surface area contributed by atoms with Crippen LogP contribution in [-0.4, -0.2) is 33.7 Å². The Morgan fingerprint density at radius 2 is 1.61 bits per heavy atom. The minimum Gasteiger partial charge on any atom is -0.495 e. The van der Waals surface area contributed by atoms with Crippen LogP contribution in [0.2, 0.25) is 5.02 Å². The molecule has 0 spiro atoms. The quantitative estimate of drug-likeness (QED) is 0.500. The van der Waals surface area contributed by atoms with Crippen molar-refractivity contribution in [3.05, 3.63) is 94.5 Å². The Hall–Kier alpha value is -3.03. The highest BCUT2D eigenvalue weighted by Gasteiger charge is 2.31. The molecule has 0 aromatic heterocycles. The molecule has 1 N–H and O–H groups in total. The number of amides is 1. The monoisotopic (exact) mass is 486 g/mol. The Kier molecular flexibility index (Phi) is 7.66. The lowest BCUT2D eigenvalue weighted by atomic mass is 9.97. The topological polar surface area (TPSA) is 75.7 Å². The van der Waals surface area contributed by atoms with E-state index in [0.29, 0.717) is 5.75 Å². The largest absolute Gasteiger partial charge is 0.495 e. The fourth-order valence-electron chi connectivity index (χ4n) is 3.63. The van der Waals surface area contributed by atoms with Gasteiger partial charge in [-0.25, -0.2) is 8.42 Å². The van der Waals surface area contributed by atoms with E-state index in [9.17, 15) is 13.2 Å². The minimum absolute atomic E-state index is 0.248. The van der Waals surface area contributed by atoms with E-state index in [1.807, 2.05) is 61.5 Å². The van der Waals surface area contributed by atoms with Crippen LogP contribution in [0.5, 0.6) is 5.75 Å². The van der Waals surface area contributed by atoms with Gasteiger partial charge < -0.3 is 10.1 Å². The Morgan fingerprint density at radius 3 is 2.15 bits per heavy atom. The van der Waals surface area contributed by atoms with Crippen molar-refractivity contribution in [2.24, 2.45) is 0 Å². The molecule has 0 heterocycles. The van der Waals surface area contributed by atoms with E-state index >= 15 is 0 Å². The van der Waals surface area contributed by atoms with Gasteiger partial charge in [0, 0.05) is 0 Å². The molecule has 0 radical (unpaired) electrons. The van der Waals surface area contributed by atoms with Crippen molar-refractivity contribution in [3.8, 4) is 5.75 Å². The highest BCUT2D eigenvalue weighted by Crippen LogP contribution is 2.31. The predicted molar refractivity (Wildman–Crippen MR) is 132 cm³/mol. The van der Waals surface area contributed by atoms with Crippen molar-refractivity contribution >= 4 is 33.2 Å². The number of carbonyl (C=O) groups excluding carboxylic acids is 1. The molecule has 33 heavy (non-hydrogen) atoms. The fourth-order valence-corrected chi connectivity index (χ4v) is 5.05. The number of anilines is 1. The molecule has 3 aromatic carbocycles. The summed E-state index contributed by atoms with van der Waals surface area (Å²) in [4.78, 5) is 13.4. The number of aryl methyl sites for hydroxylation is 1.